The Bertz CT molecular complexity index is 520. The van der Waals surface area contributed by atoms with Crippen LogP contribution in [-0.2, 0) is 12.8 Å². The van der Waals surface area contributed by atoms with E-state index in [4.69, 9.17) is 4.52 Å². The van der Waals surface area contributed by atoms with Crippen molar-refractivity contribution in [2.24, 2.45) is 5.92 Å². The van der Waals surface area contributed by atoms with Gasteiger partial charge in [-0.1, -0.05) is 37.2 Å². The summed E-state index contributed by atoms with van der Waals surface area (Å²) in [4.78, 5) is 4.49. The minimum Gasteiger partial charge on any atom is -0.334 e. The van der Waals surface area contributed by atoms with Crippen LogP contribution in [0.25, 0.3) is 11.5 Å². The Labute approximate surface area is 114 Å². The number of hydrogen-bond acceptors (Lipinski definition) is 4. The molecule has 0 atom stereocenters. The third-order valence-corrected chi connectivity index (χ3v) is 2.95. The summed E-state index contributed by atoms with van der Waals surface area (Å²) in [7, 11) is 1.95. The molecule has 102 valence electrons. The molecule has 0 spiro atoms. The van der Waals surface area contributed by atoms with Crippen molar-refractivity contribution in [1.82, 2.24) is 15.5 Å². The number of nitrogens with zero attached hydrogens (tertiary/aromatic N) is 2. The van der Waals surface area contributed by atoms with E-state index in [9.17, 15) is 0 Å². The highest BCUT2D eigenvalue weighted by Crippen LogP contribution is 2.22. The van der Waals surface area contributed by atoms with Crippen LogP contribution in [-0.4, -0.2) is 23.7 Å². The molecule has 1 aromatic carbocycles. The van der Waals surface area contributed by atoms with Gasteiger partial charge in [-0.05, 0) is 37.6 Å². The van der Waals surface area contributed by atoms with E-state index in [0.29, 0.717) is 11.8 Å². The van der Waals surface area contributed by atoms with Gasteiger partial charge in [0.25, 0.3) is 5.89 Å². The van der Waals surface area contributed by atoms with E-state index in [2.05, 4.69) is 35.4 Å². The van der Waals surface area contributed by atoms with E-state index in [0.717, 1.165) is 30.8 Å². The van der Waals surface area contributed by atoms with E-state index in [1.807, 2.05) is 25.2 Å². The Morgan fingerprint density at radius 1 is 1.26 bits per heavy atom. The molecule has 19 heavy (non-hydrogen) atoms. The van der Waals surface area contributed by atoms with Gasteiger partial charge in [0.15, 0.2) is 5.82 Å². The Balaban J connectivity index is 2.23. The normalized spacial score (nSPS) is 11.2. The highest BCUT2D eigenvalue weighted by atomic mass is 16.5. The molecule has 0 saturated carbocycles. The zero-order valence-electron chi connectivity index (χ0n) is 11.8. The van der Waals surface area contributed by atoms with Crippen LogP contribution in [0, 0.1) is 5.92 Å². The summed E-state index contributed by atoms with van der Waals surface area (Å²) in [5.74, 6) is 1.95. The lowest BCUT2D eigenvalue weighted by atomic mass is 10.0. The first kappa shape index (κ1) is 13.7. The summed E-state index contributed by atoms with van der Waals surface area (Å²) in [5.41, 5.74) is 2.27. The Hall–Kier alpha value is -1.68. The second-order valence-electron chi connectivity index (χ2n) is 5.12. The maximum atomic E-state index is 5.39. The zero-order chi connectivity index (χ0) is 13.7. The van der Waals surface area contributed by atoms with Gasteiger partial charge in [0.2, 0.25) is 0 Å². The van der Waals surface area contributed by atoms with Crippen molar-refractivity contribution in [3.05, 3.63) is 35.7 Å². The molecule has 0 fully saturated rings. The lowest BCUT2D eigenvalue weighted by molar-refractivity contribution is 0.417. The molecule has 0 bridgehead atoms. The maximum Gasteiger partial charge on any atom is 0.258 e. The predicted octanol–water partition coefficient (Wildman–Crippen LogP) is 2.70. The van der Waals surface area contributed by atoms with Crippen LogP contribution < -0.4 is 5.32 Å². The van der Waals surface area contributed by atoms with Gasteiger partial charge < -0.3 is 9.84 Å². The van der Waals surface area contributed by atoms with Crippen LogP contribution in [0.5, 0.6) is 0 Å². The Morgan fingerprint density at radius 3 is 2.79 bits per heavy atom. The number of aromatic nitrogens is 2. The molecular formula is C15H21N3O. The first-order valence-corrected chi connectivity index (χ1v) is 6.76. The topological polar surface area (TPSA) is 51.0 Å². The van der Waals surface area contributed by atoms with Gasteiger partial charge in [0.1, 0.15) is 0 Å². The maximum absolute atomic E-state index is 5.39. The van der Waals surface area contributed by atoms with E-state index in [-0.39, 0.29) is 0 Å². The highest BCUT2D eigenvalue weighted by molar-refractivity contribution is 5.58. The first-order valence-electron chi connectivity index (χ1n) is 6.76. The molecule has 0 amide bonds. The smallest absolute Gasteiger partial charge is 0.258 e. The summed E-state index contributed by atoms with van der Waals surface area (Å²) in [5, 5.41) is 7.21. The molecule has 0 saturated heterocycles. The van der Waals surface area contributed by atoms with Gasteiger partial charge in [-0.15, -0.1) is 0 Å². The summed E-state index contributed by atoms with van der Waals surface area (Å²) in [6, 6.07) is 8.20. The first-order chi connectivity index (χ1) is 9.20. The fourth-order valence-corrected chi connectivity index (χ4v) is 2.02. The van der Waals surface area contributed by atoms with Crippen molar-refractivity contribution < 1.29 is 4.52 Å². The van der Waals surface area contributed by atoms with Gasteiger partial charge in [-0.25, -0.2) is 0 Å². The largest absolute Gasteiger partial charge is 0.334 e. The lowest BCUT2D eigenvalue weighted by Crippen LogP contribution is -2.10. The van der Waals surface area contributed by atoms with E-state index in [1.54, 1.807) is 0 Å². The van der Waals surface area contributed by atoms with Gasteiger partial charge in [0.05, 0.1) is 0 Å². The van der Waals surface area contributed by atoms with Crippen molar-refractivity contribution in [3.8, 4) is 11.5 Å². The average molecular weight is 259 g/mol. The monoisotopic (exact) mass is 259 g/mol. The number of hydrogen-bond donors (Lipinski definition) is 1. The van der Waals surface area contributed by atoms with Gasteiger partial charge in [-0.3, -0.25) is 0 Å². The molecule has 0 aliphatic rings. The molecule has 0 aliphatic heterocycles. The van der Waals surface area contributed by atoms with Gasteiger partial charge in [-0.2, -0.15) is 4.98 Å². The fourth-order valence-electron chi connectivity index (χ4n) is 2.02. The van der Waals surface area contributed by atoms with Crippen LogP contribution in [0.15, 0.2) is 28.8 Å². The predicted molar refractivity (Wildman–Crippen MR) is 75.9 cm³/mol. The second kappa shape index (κ2) is 6.48. The summed E-state index contributed by atoms with van der Waals surface area (Å²) in [6.45, 7) is 5.23. The van der Waals surface area contributed by atoms with Crippen LogP contribution in [0.1, 0.15) is 25.2 Å². The number of benzene rings is 1. The van der Waals surface area contributed by atoms with Crippen molar-refractivity contribution in [2.45, 2.75) is 26.7 Å². The van der Waals surface area contributed by atoms with E-state index in [1.165, 1.54) is 5.56 Å². The molecule has 1 heterocycles. The molecule has 2 aromatic rings. The third-order valence-electron chi connectivity index (χ3n) is 2.95. The molecule has 4 heteroatoms. The molecule has 0 unspecified atom stereocenters. The SMILES string of the molecule is CNCCc1ccccc1-c1nc(CC(C)C)no1. The third kappa shape index (κ3) is 3.64. The molecule has 2 rings (SSSR count). The van der Waals surface area contributed by atoms with E-state index >= 15 is 0 Å². The molecular weight excluding hydrogens is 238 g/mol. The second-order valence-corrected chi connectivity index (χ2v) is 5.12. The van der Waals surface area contributed by atoms with Crippen molar-refractivity contribution in [1.29, 1.82) is 0 Å². The van der Waals surface area contributed by atoms with Crippen molar-refractivity contribution >= 4 is 0 Å². The standard InChI is InChI=1S/C15H21N3O/c1-11(2)10-14-17-15(19-18-14)13-7-5-4-6-12(13)8-9-16-3/h4-7,11,16H,8-10H2,1-3H3. The minimum absolute atomic E-state index is 0.532. The van der Waals surface area contributed by atoms with Crippen LogP contribution in [0.3, 0.4) is 0 Å². The van der Waals surface area contributed by atoms with Crippen LogP contribution >= 0.6 is 0 Å². The van der Waals surface area contributed by atoms with Crippen LogP contribution in [0.4, 0.5) is 0 Å². The summed E-state index contributed by atoms with van der Waals surface area (Å²) < 4.78 is 5.39. The number of rotatable bonds is 6. The van der Waals surface area contributed by atoms with Gasteiger partial charge in [0, 0.05) is 12.0 Å². The fraction of sp³-hybridized carbons (Fsp3) is 0.467. The average Bonchev–Trinajstić information content (AvgIpc) is 2.84. The molecule has 0 radical (unpaired) electrons. The molecule has 1 N–H and O–H groups in total. The Morgan fingerprint density at radius 2 is 2.05 bits per heavy atom. The number of nitrogens with one attached hydrogen (secondary N) is 1. The van der Waals surface area contributed by atoms with Crippen molar-refractivity contribution in [3.63, 3.8) is 0 Å². The minimum atomic E-state index is 0.532. The molecule has 4 nitrogen and oxygen atoms in total. The van der Waals surface area contributed by atoms with Gasteiger partial charge >= 0.3 is 0 Å². The highest BCUT2D eigenvalue weighted by Gasteiger charge is 2.13. The zero-order valence-corrected chi connectivity index (χ0v) is 11.8. The van der Waals surface area contributed by atoms with Crippen molar-refractivity contribution in [2.75, 3.05) is 13.6 Å². The quantitative estimate of drug-likeness (QED) is 0.866. The van der Waals surface area contributed by atoms with Crippen LogP contribution in [0.2, 0.25) is 0 Å². The number of likely N-dealkylation sites (N-methyl/N-ethyl adjacent to an activating group) is 1. The summed E-state index contributed by atoms with van der Waals surface area (Å²) in [6.07, 6.45) is 1.80. The lowest BCUT2D eigenvalue weighted by Gasteiger charge is -2.05. The molecule has 1 aromatic heterocycles. The van der Waals surface area contributed by atoms with E-state index < -0.39 is 0 Å². The Kier molecular flexibility index (Phi) is 4.68. The summed E-state index contributed by atoms with van der Waals surface area (Å²) >= 11 is 0. The molecule has 0 aliphatic carbocycles.